The van der Waals surface area contributed by atoms with Crippen molar-refractivity contribution in [2.75, 3.05) is 10.6 Å². The summed E-state index contributed by atoms with van der Waals surface area (Å²) in [5.41, 5.74) is -1.11. The van der Waals surface area contributed by atoms with E-state index in [1.165, 1.54) is 13.1 Å². The average Bonchev–Trinajstić information content (AvgIpc) is 2.86. The highest BCUT2D eigenvalue weighted by molar-refractivity contribution is 6.33. The van der Waals surface area contributed by atoms with Crippen LogP contribution in [0.1, 0.15) is 12.5 Å². The molecule has 0 aliphatic heterocycles. The lowest BCUT2D eigenvalue weighted by atomic mass is 10.2. The van der Waals surface area contributed by atoms with Crippen LogP contribution in [-0.4, -0.2) is 26.8 Å². The van der Waals surface area contributed by atoms with Gasteiger partial charge in [-0.3, -0.25) is 9.59 Å². The number of nitrogens with zero attached hydrogens (tertiary/aromatic N) is 3. The monoisotopic (exact) mass is 361 g/mol. The first kappa shape index (κ1) is 17.7. The maximum atomic E-state index is 12.7. The number of halogens is 4. The minimum Gasteiger partial charge on any atom is -0.323 e. The van der Waals surface area contributed by atoms with E-state index in [1.54, 1.807) is 0 Å². The van der Waals surface area contributed by atoms with Crippen molar-refractivity contribution in [1.82, 2.24) is 15.0 Å². The summed E-state index contributed by atoms with van der Waals surface area (Å²) in [6.07, 6.45) is -3.33. The molecule has 2 rings (SSSR count). The van der Waals surface area contributed by atoms with Crippen molar-refractivity contribution in [3.05, 3.63) is 35.0 Å². The maximum absolute atomic E-state index is 12.7. The summed E-state index contributed by atoms with van der Waals surface area (Å²) in [4.78, 5) is 23.7. The van der Waals surface area contributed by atoms with Crippen molar-refractivity contribution < 1.29 is 22.8 Å². The van der Waals surface area contributed by atoms with E-state index in [0.29, 0.717) is 0 Å². The number of nitrogens with one attached hydrogen (secondary N) is 2. The van der Waals surface area contributed by atoms with E-state index >= 15 is 0 Å². The molecule has 0 bridgehead atoms. The van der Waals surface area contributed by atoms with Crippen LogP contribution in [0.15, 0.2) is 24.4 Å². The SMILES string of the molecule is CC(=O)Nc1cnn(CC(=O)Nc2cc(C(F)(F)F)ccc2Cl)n1. The predicted octanol–water partition coefficient (Wildman–Crippen LogP) is 2.55. The highest BCUT2D eigenvalue weighted by atomic mass is 35.5. The Labute approximate surface area is 138 Å². The summed E-state index contributed by atoms with van der Waals surface area (Å²) in [7, 11) is 0. The Bertz CT molecular complexity index is 775. The Morgan fingerprint density at radius 1 is 1.29 bits per heavy atom. The molecule has 1 heterocycles. The van der Waals surface area contributed by atoms with E-state index < -0.39 is 17.6 Å². The van der Waals surface area contributed by atoms with Crippen LogP contribution in [0.3, 0.4) is 0 Å². The highest BCUT2D eigenvalue weighted by Crippen LogP contribution is 2.33. The van der Waals surface area contributed by atoms with Crippen LogP contribution in [0.2, 0.25) is 5.02 Å². The zero-order chi connectivity index (χ0) is 17.9. The van der Waals surface area contributed by atoms with Crippen LogP contribution < -0.4 is 10.6 Å². The average molecular weight is 362 g/mol. The van der Waals surface area contributed by atoms with Gasteiger partial charge in [-0.25, -0.2) is 0 Å². The summed E-state index contributed by atoms with van der Waals surface area (Å²) in [6.45, 7) is 0.910. The summed E-state index contributed by atoms with van der Waals surface area (Å²) in [6, 6.07) is 2.59. The van der Waals surface area contributed by atoms with E-state index in [2.05, 4.69) is 20.8 Å². The van der Waals surface area contributed by atoms with Gasteiger partial charge in [-0.1, -0.05) is 11.6 Å². The molecule has 0 aliphatic carbocycles. The fraction of sp³-hybridized carbons (Fsp3) is 0.231. The van der Waals surface area contributed by atoms with Gasteiger partial charge in [-0.15, -0.1) is 5.10 Å². The quantitative estimate of drug-likeness (QED) is 0.875. The lowest BCUT2D eigenvalue weighted by molar-refractivity contribution is -0.137. The normalized spacial score (nSPS) is 11.2. The van der Waals surface area contributed by atoms with Gasteiger partial charge in [0.25, 0.3) is 0 Å². The molecular formula is C13H11ClF3N5O2. The maximum Gasteiger partial charge on any atom is 0.416 e. The molecular weight excluding hydrogens is 351 g/mol. The zero-order valence-corrected chi connectivity index (χ0v) is 12.9. The van der Waals surface area contributed by atoms with E-state index in [9.17, 15) is 22.8 Å². The lowest BCUT2D eigenvalue weighted by Crippen LogP contribution is -2.21. The van der Waals surface area contributed by atoms with Crippen molar-refractivity contribution in [1.29, 1.82) is 0 Å². The Morgan fingerprint density at radius 2 is 2.00 bits per heavy atom. The topological polar surface area (TPSA) is 88.9 Å². The number of rotatable bonds is 4. The first-order chi connectivity index (χ1) is 11.1. The summed E-state index contributed by atoms with van der Waals surface area (Å²) < 4.78 is 38.0. The summed E-state index contributed by atoms with van der Waals surface area (Å²) in [5, 5.41) is 12.2. The predicted molar refractivity (Wildman–Crippen MR) is 79.4 cm³/mol. The van der Waals surface area contributed by atoms with Gasteiger partial charge >= 0.3 is 6.18 Å². The van der Waals surface area contributed by atoms with E-state index in [-0.39, 0.29) is 29.0 Å². The van der Waals surface area contributed by atoms with Crippen LogP contribution in [-0.2, 0) is 22.3 Å². The number of aromatic nitrogens is 3. The van der Waals surface area contributed by atoms with Gasteiger partial charge in [0.15, 0.2) is 5.82 Å². The molecule has 0 unspecified atom stereocenters. The smallest absolute Gasteiger partial charge is 0.323 e. The van der Waals surface area contributed by atoms with E-state index in [4.69, 9.17) is 11.6 Å². The molecule has 11 heteroatoms. The van der Waals surface area contributed by atoms with Gasteiger partial charge in [0.05, 0.1) is 22.5 Å². The zero-order valence-electron chi connectivity index (χ0n) is 12.2. The Hall–Kier alpha value is -2.62. The van der Waals surface area contributed by atoms with Crippen molar-refractivity contribution in [3.8, 4) is 0 Å². The number of amides is 2. The van der Waals surface area contributed by atoms with Crippen molar-refractivity contribution in [2.24, 2.45) is 0 Å². The van der Waals surface area contributed by atoms with Crippen LogP contribution >= 0.6 is 11.6 Å². The molecule has 0 spiro atoms. The molecule has 2 N–H and O–H groups in total. The number of alkyl halides is 3. The van der Waals surface area contributed by atoms with Gasteiger partial charge in [0.1, 0.15) is 6.54 Å². The Kier molecular flexibility index (Phi) is 5.07. The molecule has 1 aromatic heterocycles. The second kappa shape index (κ2) is 6.87. The lowest BCUT2D eigenvalue weighted by Gasteiger charge is -2.11. The largest absolute Gasteiger partial charge is 0.416 e. The highest BCUT2D eigenvalue weighted by Gasteiger charge is 2.31. The first-order valence-electron chi connectivity index (χ1n) is 6.49. The van der Waals surface area contributed by atoms with Gasteiger partial charge < -0.3 is 10.6 Å². The van der Waals surface area contributed by atoms with Gasteiger partial charge in [0, 0.05) is 6.92 Å². The first-order valence-corrected chi connectivity index (χ1v) is 6.87. The third-order valence-corrected chi connectivity index (χ3v) is 3.02. The summed E-state index contributed by atoms with van der Waals surface area (Å²) in [5.74, 6) is -0.893. The number of hydrogen-bond acceptors (Lipinski definition) is 4. The Balaban J connectivity index is 2.07. The number of anilines is 2. The fourth-order valence-corrected chi connectivity index (χ4v) is 1.89. The van der Waals surface area contributed by atoms with Crippen LogP contribution in [0.5, 0.6) is 0 Å². The van der Waals surface area contributed by atoms with Gasteiger partial charge in [-0.2, -0.15) is 23.1 Å². The molecule has 0 aliphatic rings. The van der Waals surface area contributed by atoms with Crippen LogP contribution in [0.4, 0.5) is 24.7 Å². The number of carbonyl (C=O) groups is 2. The number of carbonyl (C=O) groups excluding carboxylic acids is 2. The van der Waals surface area contributed by atoms with Gasteiger partial charge in [-0.05, 0) is 18.2 Å². The van der Waals surface area contributed by atoms with Crippen molar-refractivity contribution in [3.63, 3.8) is 0 Å². The van der Waals surface area contributed by atoms with Gasteiger partial charge in [0.2, 0.25) is 11.8 Å². The third-order valence-electron chi connectivity index (χ3n) is 2.69. The molecule has 128 valence electrons. The minimum absolute atomic E-state index is 0.0382. The molecule has 0 fully saturated rings. The molecule has 0 saturated heterocycles. The van der Waals surface area contributed by atoms with E-state index in [0.717, 1.165) is 23.0 Å². The number of benzene rings is 1. The fourth-order valence-electron chi connectivity index (χ4n) is 1.73. The molecule has 1 aromatic carbocycles. The molecule has 24 heavy (non-hydrogen) atoms. The second-order valence-corrected chi connectivity index (χ2v) is 5.09. The number of hydrogen-bond donors (Lipinski definition) is 2. The minimum atomic E-state index is -4.55. The molecule has 0 saturated carbocycles. The Morgan fingerprint density at radius 3 is 2.62 bits per heavy atom. The molecule has 2 aromatic rings. The molecule has 0 radical (unpaired) electrons. The summed E-state index contributed by atoms with van der Waals surface area (Å²) >= 11 is 5.79. The van der Waals surface area contributed by atoms with Crippen LogP contribution in [0, 0.1) is 0 Å². The molecule has 0 atom stereocenters. The van der Waals surface area contributed by atoms with Crippen LogP contribution in [0.25, 0.3) is 0 Å². The molecule has 2 amide bonds. The standard InChI is InChI=1S/C13H11ClF3N5O2/c1-7(23)19-11-5-18-22(21-11)6-12(24)20-10-4-8(13(15,16)17)2-3-9(10)14/h2-5H,6H2,1H3,(H,20,24)(H,19,21,23). The molecule has 7 nitrogen and oxygen atoms in total. The van der Waals surface area contributed by atoms with Crippen molar-refractivity contribution in [2.45, 2.75) is 19.6 Å². The third kappa shape index (κ3) is 4.69. The van der Waals surface area contributed by atoms with Crippen molar-refractivity contribution >= 4 is 34.9 Å². The second-order valence-electron chi connectivity index (χ2n) is 4.68. The van der Waals surface area contributed by atoms with E-state index in [1.807, 2.05) is 0 Å².